The topological polar surface area (TPSA) is 48.1 Å². The average molecular weight is 258 g/mol. The first kappa shape index (κ1) is 15.4. The fraction of sp³-hybridized carbons (Fsp3) is 0.929. The Morgan fingerprint density at radius 3 is 2.72 bits per heavy atom. The molecule has 4 heteroatoms. The van der Waals surface area contributed by atoms with Crippen LogP contribution in [-0.2, 0) is 19.0 Å². The van der Waals surface area contributed by atoms with Gasteiger partial charge in [0, 0.05) is 6.61 Å². The lowest BCUT2D eigenvalue weighted by Crippen LogP contribution is -2.16. The van der Waals surface area contributed by atoms with E-state index in [2.05, 4.69) is 20.8 Å². The Hall–Kier alpha value is -0.610. The molecule has 0 aliphatic carbocycles. The predicted octanol–water partition coefficient (Wildman–Crippen LogP) is 2.55. The Kier molecular flexibility index (Phi) is 6.09. The van der Waals surface area contributed by atoms with Crippen molar-refractivity contribution < 1.29 is 19.0 Å². The summed E-state index contributed by atoms with van der Waals surface area (Å²) in [6, 6.07) is 0. The van der Waals surface area contributed by atoms with Gasteiger partial charge in [-0.3, -0.25) is 4.79 Å². The Bertz CT molecular complexity index is 267. The van der Waals surface area contributed by atoms with Crippen LogP contribution in [0.4, 0.5) is 0 Å². The first-order valence-corrected chi connectivity index (χ1v) is 6.89. The lowest BCUT2D eigenvalue weighted by molar-refractivity contribution is -0.146. The van der Waals surface area contributed by atoms with Gasteiger partial charge < -0.3 is 14.2 Å². The average Bonchev–Trinajstić information content (AvgIpc) is 2.93. The number of epoxide rings is 1. The van der Waals surface area contributed by atoms with Crippen LogP contribution in [0.1, 0.15) is 47.0 Å². The normalized spacial score (nSPS) is 27.9. The van der Waals surface area contributed by atoms with Crippen LogP contribution in [-0.4, -0.2) is 37.5 Å². The van der Waals surface area contributed by atoms with Gasteiger partial charge in [-0.2, -0.15) is 0 Å². The van der Waals surface area contributed by atoms with E-state index in [1.54, 1.807) is 0 Å². The molecular weight excluding hydrogens is 232 g/mol. The number of esters is 1. The van der Waals surface area contributed by atoms with Crippen molar-refractivity contribution in [3.8, 4) is 0 Å². The molecule has 0 spiro atoms. The van der Waals surface area contributed by atoms with Crippen molar-refractivity contribution in [3.05, 3.63) is 0 Å². The number of carbonyl (C=O) groups is 1. The lowest BCUT2D eigenvalue weighted by atomic mass is 9.96. The molecule has 1 saturated heterocycles. The molecule has 0 radical (unpaired) electrons. The summed E-state index contributed by atoms with van der Waals surface area (Å²) in [6.07, 6.45) is 2.78. The molecule has 0 aromatic carbocycles. The van der Waals surface area contributed by atoms with Crippen molar-refractivity contribution in [3.63, 3.8) is 0 Å². The second-order valence-electron chi connectivity index (χ2n) is 5.35. The van der Waals surface area contributed by atoms with Crippen molar-refractivity contribution in [2.45, 2.75) is 58.7 Å². The minimum absolute atomic E-state index is 0.0627. The SMILES string of the molecule is CCOCCC(=O)OCC(C)CC[C@]1(C)OC1C. The Balaban J connectivity index is 2.02. The van der Waals surface area contributed by atoms with E-state index in [1.807, 2.05) is 6.92 Å². The third kappa shape index (κ3) is 5.36. The van der Waals surface area contributed by atoms with Crippen molar-refractivity contribution >= 4 is 5.97 Å². The summed E-state index contributed by atoms with van der Waals surface area (Å²) in [4.78, 5) is 11.4. The van der Waals surface area contributed by atoms with E-state index in [9.17, 15) is 4.79 Å². The van der Waals surface area contributed by atoms with Crippen molar-refractivity contribution in [2.75, 3.05) is 19.8 Å². The maximum absolute atomic E-state index is 11.4. The van der Waals surface area contributed by atoms with Crippen molar-refractivity contribution in [1.29, 1.82) is 0 Å². The summed E-state index contributed by atoms with van der Waals surface area (Å²) in [5, 5.41) is 0. The van der Waals surface area contributed by atoms with E-state index in [-0.39, 0.29) is 11.6 Å². The highest BCUT2D eigenvalue weighted by Gasteiger charge is 2.48. The fourth-order valence-electron chi connectivity index (χ4n) is 1.86. The van der Waals surface area contributed by atoms with Crippen LogP contribution in [0.2, 0.25) is 0 Å². The van der Waals surface area contributed by atoms with E-state index < -0.39 is 0 Å². The highest BCUT2D eigenvalue weighted by atomic mass is 16.6. The molecule has 0 bridgehead atoms. The quantitative estimate of drug-likeness (QED) is 0.362. The number of rotatable bonds is 9. The van der Waals surface area contributed by atoms with Gasteiger partial charge in [-0.05, 0) is 39.5 Å². The lowest BCUT2D eigenvalue weighted by Gasteiger charge is -2.13. The first-order valence-electron chi connectivity index (χ1n) is 6.89. The molecule has 4 nitrogen and oxygen atoms in total. The number of ether oxygens (including phenoxy) is 3. The van der Waals surface area contributed by atoms with Crippen LogP contribution in [0.25, 0.3) is 0 Å². The van der Waals surface area contributed by atoms with Gasteiger partial charge in [0.05, 0.1) is 31.3 Å². The molecule has 1 aliphatic rings. The second-order valence-corrected chi connectivity index (χ2v) is 5.35. The van der Waals surface area contributed by atoms with Crippen LogP contribution in [0.3, 0.4) is 0 Å². The zero-order chi connectivity index (χ0) is 13.6. The summed E-state index contributed by atoms with van der Waals surface area (Å²) in [6.45, 7) is 9.83. The summed E-state index contributed by atoms with van der Waals surface area (Å²) < 4.78 is 15.8. The number of carbonyl (C=O) groups excluding carboxylic acids is 1. The van der Waals surface area contributed by atoms with Gasteiger partial charge in [-0.25, -0.2) is 0 Å². The molecule has 1 heterocycles. The Labute approximate surface area is 110 Å². The third-order valence-corrected chi connectivity index (χ3v) is 3.57. The molecule has 0 N–H and O–H groups in total. The van der Waals surface area contributed by atoms with Gasteiger partial charge in [-0.15, -0.1) is 0 Å². The first-order chi connectivity index (χ1) is 8.48. The third-order valence-electron chi connectivity index (χ3n) is 3.57. The zero-order valence-electron chi connectivity index (χ0n) is 12.0. The van der Waals surface area contributed by atoms with Crippen LogP contribution in [0.5, 0.6) is 0 Å². The zero-order valence-corrected chi connectivity index (χ0v) is 12.0. The Morgan fingerprint density at radius 1 is 1.50 bits per heavy atom. The molecular formula is C14H26O4. The van der Waals surface area contributed by atoms with E-state index in [0.29, 0.717) is 38.3 Å². The minimum Gasteiger partial charge on any atom is -0.465 e. The molecule has 0 saturated carbocycles. The summed E-state index contributed by atoms with van der Waals surface area (Å²) in [5.41, 5.74) is 0.0627. The molecule has 0 amide bonds. The van der Waals surface area contributed by atoms with E-state index in [0.717, 1.165) is 12.8 Å². The molecule has 106 valence electrons. The monoisotopic (exact) mass is 258 g/mol. The molecule has 1 aliphatic heterocycles. The summed E-state index contributed by atoms with van der Waals surface area (Å²) in [7, 11) is 0. The van der Waals surface area contributed by atoms with Crippen molar-refractivity contribution in [1.82, 2.24) is 0 Å². The van der Waals surface area contributed by atoms with E-state index in [1.165, 1.54) is 0 Å². The smallest absolute Gasteiger partial charge is 0.308 e. The largest absolute Gasteiger partial charge is 0.465 e. The van der Waals surface area contributed by atoms with Gasteiger partial charge in [0.2, 0.25) is 0 Å². The fourth-order valence-corrected chi connectivity index (χ4v) is 1.86. The van der Waals surface area contributed by atoms with E-state index >= 15 is 0 Å². The minimum atomic E-state index is -0.169. The highest BCUT2D eigenvalue weighted by molar-refractivity contribution is 5.69. The molecule has 1 rings (SSSR count). The second kappa shape index (κ2) is 7.10. The van der Waals surface area contributed by atoms with Gasteiger partial charge in [0.1, 0.15) is 0 Å². The van der Waals surface area contributed by atoms with Gasteiger partial charge in [0.15, 0.2) is 0 Å². The molecule has 0 aromatic rings. The van der Waals surface area contributed by atoms with Gasteiger partial charge in [-0.1, -0.05) is 6.92 Å². The summed E-state index contributed by atoms with van der Waals surface area (Å²) in [5.74, 6) is 0.215. The molecule has 18 heavy (non-hydrogen) atoms. The van der Waals surface area contributed by atoms with E-state index in [4.69, 9.17) is 14.2 Å². The van der Waals surface area contributed by atoms with Crippen LogP contribution >= 0.6 is 0 Å². The molecule has 3 atom stereocenters. The standard InChI is InChI=1S/C14H26O4/c1-5-16-9-7-13(15)17-10-11(2)6-8-14(4)12(3)18-14/h11-12H,5-10H2,1-4H3/t11?,12?,14-/m0/s1. The molecule has 0 aromatic heterocycles. The summed E-state index contributed by atoms with van der Waals surface area (Å²) >= 11 is 0. The van der Waals surface area contributed by atoms with Crippen LogP contribution in [0.15, 0.2) is 0 Å². The van der Waals surface area contributed by atoms with Crippen LogP contribution in [0, 0.1) is 5.92 Å². The maximum Gasteiger partial charge on any atom is 0.308 e. The maximum atomic E-state index is 11.4. The highest BCUT2D eigenvalue weighted by Crippen LogP contribution is 2.40. The van der Waals surface area contributed by atoms with Gasteiger partial charge >= 0.3 is 5.97 Å². The Morgan fingerprint density at radius 2 is 2.17 bits per heavy atom. The predicted molar refractivity (Wildman–Crippen MR) is 69.4 cm³/mol. The molecule has 1 fully saturated rings. The van der Waals surface area contributed by atoms with Gasteiger partial charge in [0.25, 0.3) is 0 Å². The molecule has 2 unspecified atom stereocenters. The van der Waals surface area contributed by atoms with Crippen LogP contribution < -0.4 is 0 Å². The number of hydrogen-bond donors (Lipinski definition) is 0. The number of hydrogen-bond acceptors (Lipinski definition) is 4. The van der Waals surface area contributed by atoms with Crippen molar-refractivity contribution in [2.24, 2.45) is 5.92 Å².